The molecule has 1 atom stereocenters. The fourth-order valence-electron chi connectivity index (χ4n) is 4.70. The van der Waals surface area contributed by atoms with Crippen LogP contribution in [0.5, 0.6) is 5.75 Å². The smallest absolute Gasteiger partial charge is 0.411 e. The number of carbonyl (C=O) groups is 2. The molecule has 0 saturated carbocycles. The van der Waals surface area contributed by atoms with Gasteiger partial charge in [0.15, 0.2) is 0 Å². The number of nitrogens with one attached hydrogen (secondary N) is 3. The van der Waals surface area contributed by atoms with E-state index in [1.165, 1.54) is 6.08 Å². The van der Waals surface area contributed by atoms with Gasteiger partial charge in [0.05, 0.1) is 19.9 Å². The maximum absolute atomic E-state index is 12.9. The number of hydrogen-bond donors (Lipinski definition) is 3. The predicted molar refractivity (Wildman–Crippen MR) is 177 cm³/mol. The van der Waals surface area contributed by atoms with Gasteiger partial charge in [-0.2, -0.15) is 4.98 Å². The van der Waals surface area contributed by atoms with Crippen LogP contribution in [0.4, 0.5) is 39.3 Å². The fourth-order valence-corrected chi connectivity index (χ4v) is 4.70. The number of piperazine rings is 1. The first-order valence-electron chi connectivity index (χ1n) is 14.5. The zero-order valence-corrected chi connectivity index (χ0v) is 26.6. The average molecular weight is 616 g/mol. The molecule has 4 rings (SSSR count). The van der Waals surface area contributed by atoms with Gasteiger partial charge in [-0.15, -0.1) is 0 Å². The number of benzene rings is 2. The molecule has 3 aromatic rings. The number of aryl methyl sites for hydroxylation is 1. The van der Waals surface area contributed by atoms with Crippen LogP contribution in [0.25, 0.3) is 0 Å². The van der Waals surface area contributed by atoms with E-state index in [0.717, 1.165) is 16.9 Å². The van der Waals surface area contributed by atoms with Gasteiger partial charge in [-0.25, -0.2) is 9.78 Å². The average Bonchev–Trinajstić information content (AvgIpc) is 3.01. The highest BCUT2D eigenvalue weighted by Crippen LogP contribution is 2.34. The van der Waals surface area contributed by atoms with Gasteiger partial charge in [-0.1, -0.05) is 19.2 Å². The summed E-state index contributed by atoms with van der Waals surface area (Å²) in [5.74, 6) is 1.74. The molecule has 1 saturated heterocycles. The number of hydrogen-bond acceptors (Lipinski definition) is 10. The Hall–Kier alpha value is -5.26. The number of methoxy groups -OCH3 is 2. The first kappa shape index (κ1) is 32.6. The van der Waals surface area contributed by atoms with Gasteiger partial charge >= 0.3 is 6.09 Å². The Morgan fingerprint density at radius 3 is 2.51 bits per heavy atom. The Morgan fingerprint density at radius 2 is 1.82 bits per heavy atom. The van der Waals surface area contributed by atoms with Crippen molar-refractivity contribution in [3.8, 4) is 5.75 Å². The summed E-state index contributed by atoms with van der Waals surface area (Å²) in [7, 11) is 3.15. The Balaban J connectivity index is 1.50. The van der Waals surface area contributed by atoms with E-state index in [2.05, 4.69) is 44.0 Å². The third kappa shape index (κ3) is 8.43. The number of aromatic nitrogens is 2. The van der Waals surface area contributed by atoms with Crippen LogP contribution in [0.3, 0.4) is 0 Å². The van der Waals surface area contributed by atoms with E-state index in [1.54, 1.807) is 37.4 Å². The molecular weight excluding hydrogens is 574 g/mol. The lowest BCUT2D eigenvalue weighted by Crippen LogP contribution is -2.57. The molecule has 2 heterocycles. The second-order valence-electron chi connectivity index (χ2n) is 11.4. The highest BCUT2D eigenvalue weighted by Gasteiger charge is 2.36. The largest absolute Gasteiger partial charge is 0.499 e. The van der Waals surface area contributed by atoms with Crippen molar-refractivity contribution in [2.75, 3.05) is 54.7 Å². The molecule has 1 aliphatic rings. The van der Waals surface area contributed by atoms with Gasteiger partial charge in [0, 0.05) is 54.5 Å². The summed E-state index contributed by atoms with van der Waals surface area (Å²) in [6.45, 7) is 16.4. The predicted octanol–water partition coefficient (Wildman–Crippen LogP) is 5.99. The van der Waals surface area contributed by atoms with E-state index in [4.69, 9.17) is 14.2 Å². The lowest BCUT2D eigenvalue weighted by molar-refractivity contribution is -0.111. The zero-order valence-electron chi connectivity index (χ0n) is 26.6. The van der Waals surface area contributed by atoms with Gasteiger partial charge in [0.1, 0.15) is 29.0 Å². The molecule has 0 aliphatic carbocycles. The lowest BCUT2D eigenvalue weighted by atomic mass is 10.1. The minimum absolute atomic E-state index is 0.292. The minimum atomic E-state index is -0.614. The molecule has 1 fully saturated rings. The Morgan fingerprint density at radius 1 is 1.07 bits per heavy atom. The van der Waals surface area contributed by atoms with Gasteiger partial charge in [-0.05, 0) is 64.1 Å². The van der Waals surface area contributed by atoms with Crippen molar-refractivity contribution in [3.05, 3.63) is 79.2 Å². The standard InChI is InChI=1S/C33H41N7O5/c1-9-29(41)35-23-11-10-12-24(17-23)36-30-21(2)19-34-31(38-30)37-26-14-13-25(18-28(26)44-8)39-15-16-40(27(20-39)22(3)43-7)32(42)45-33(4,5)6/h9-14,17-19,27H,1,3,15-16,20H2,2,4-8H3,(H,35,41)(H2,34,36,37,38)/t27-/m0/s1. The summed E-state index contributed by atoms with van der Waals surface area (Å²) in [6, 6.07) is 12.7. The molecule has 1 aromatic heterocycles. The molecule has 2 aromatic carbocycles. The van der Waals surface area contributed by atoms with Gasteiger partial charge in [0.2, 0.25) is 11.9 Å². The van der Waals surface area contributed by atoms with Crippen molar-refractivity contribution in [3.63, 3.8) is 0 Å². The van der Waals surface area contributed by atoms with Crippen LogP contribution in [0.1, 0.15) is 26.3 Å². The molecule has 45 heavy (non-hydrogen) atoms. The third-order valence-electron chi connectivity index (χ3n) is 6.99. The Bertz CT molecular complexity index is 1570. The van der Waals surface area contributed by atoms with Crippen LogP contribution in [0, 0.1) is 6.92 Å². The molecule has 12 nitrogen and oxygen atoms in total. The molecule has 0 bridgehead atoms. The topological polar surface area (TPSA) is 130 Å². The molecule has 0 spiro atoms. The molecule has 12 heteroatoms. The van der Waals surface area contributed by atoms with Crippen molar-refractivity contribution in [2.24, 2.45) is 0 Å². The van der Waals surface area contributed by atoms with Crippen molar-refractivity contribution in [2.45, 2.75) is 39.3 Å². The number of nitrogens with zero attached hydrogens (tertiary/aromatic N) is 4. The second-order valence-corrected chi connectivity index (χ2v) is 11.4. The van der Waals surface area contributed by atoms with Crippen molar-refractivity contribution in [1.82, 2.24) is 14.9 Å². The van der Waals surface area contributed by atoms with E-state index in [9.17, 15) is 9.59 Å². The number of amides is 2. The SMILES string of the molecule is C=CC(=O)Nc1cccc(Nc2nc(Nc3ccc(N4CCN(C(=O)OC(C)(C)C)[C@H](C(=C)OC)C4)cc3OC)ncc2C)c1. The third-order valence-corrected chi connectivity index (χ3v) is 6.99. The van der Waals surface area contributed by atoms with Crippen LogP contribution in [0.15, 0.2) is 73.7 Å². The highest BCUT2D eigenvalue weighted by molar-refractivity contribution is 5.99. The van der Waals surface area contributed by atoms with Gasteiger partial charge < -0.3 is 35.1 Å². The van der Waals surface area contributed by atoms with E-state index in [0.29, 0.717) is 54.3 Å². The van der Waals surface area contributed by atoms with E-state index >= 15 is 0 Å². The summed E-state index contributed by atoms with van der Waals surface area (Å²) in [4.78, 5) is 37.6. The van der Waals surface area contributed by atoms with Crippen LogP contribution < -0.4 is 25.6 Å². The fraction of sp³-hybridized carbons (Fsp3) is 0.333. The van der Waals surface area contributed by atoms with E-state index in [1.807, 2.05) is 58.0 Å². The first-order valence-corrected chi connectivity index (χ1v) is 14.5. The molecule has 238 valence electrons. The normalized spacial score (nSPS) is 14.7. The van der Waals surface area contributed by atoms with Crippen molar-refractivity contribution >= 4 is 46.5 Å². The number of anilines is 6. The molecule has 0 radical (unpaired) electrons. The van der Waals surface area contributed by atoms with E-state index < -0.39 is 17.7 Å². The minimum Gasteiger partial charge on any atom is -0.499 e. The Kier molecular flexibility index (Phi) is 10.2. The van der Waals surface area contributed by atoms with Crippen molar-refractivity contribution in [1.29, 1.82) is 0 Å². The lowest BCUT2D eigenvalue weighted by Gasteiger charge is -2.42. The molecule has 3 N–H and O–H groups in total. The van der Waals surface area contributed by atoms with Gasteiger partial charge in [0.25, 0.3) is 0 Å². The quantitative estimate of drug-likeness (QED) is 0.185. The monoisotopic (exact) mass is 615 g/mol. The molecular formula is C33H41N7O5. The second kappa shape index (κ2) is 14.0. The maximum Gasteiger partial charge on any atom is 0.411 e. The van der Waals surface area contributed by atoms with Crippen LogP contribution >= 0.6 is 0 Å². The summed E-state index contributed by atoms with van der Waals surface area (Å²) >= 11 is 0. The maximum atomic E-state index is 12.9. The highest BCUT2D eigenvalue weighted by atomic mass is 16.6. The van der Waals surface area contributed by atoms with Gasteiger partial charge in [-0.3, -0.25) is 9.69 Å². The Labute approximate surface area is 264 Å². The number of rotatable bonds is 10. The van der Waals surface area contributed by atoms with E-state index in [-0.39, 0.29) is 5.91 Å². The summed E-state index contributed by atoms with van der Waals surface area (Å²) < 4.78 is 16.8. The van der Waals surface area contributed by atoms with Crippen molar-refractivity contribution < 1.29 is 23.8 Å². The van der Waals surface area contributed by atoms with Crippen LogP contribution in [-0.4, -0.2) is 72.4 Å². The van der Waals surface area contributed by atoms with Crippen LogP contribution in [0.2, 0.25) is 0 Å². The zero-order chi connectivity index (χ0) is 32.7. The first-order chi connectivity index (χ1) is 21.4. The molecule has 0 unspecified atom stereocenters. The van der Waals surface area contributed by atoms with Crippen LogP contribution in [-0.2, 0) is 14.3 Å². The molecule has 1 aliphatic heterocycles. The summed E-state index contributed by atoms with van der Waals surface area (Å²) in [6.07, 6.45) is 2.53. The summed E-state index contributed by atoms with van der Waals surface area (Å²) in [5, 5.41) is 9.30. The summed E-state index contributed by atoms with van der Waals surface area (Å²) in [5.41, 5.74) is 3.18. The number of ether oxygens (including phenoxy) is 3. The number of carbonyl (C=O) groups excluding carboxylic acids is 2. The molecule has 2 amide bonds.